The van der Waals surface area contributed by atoms with Gasteiger partial charge in [0.15, 0.2) is 0 Å². The van der Waals surface area contributed by atoms with Gasteiger partial charge < -0.3 is 18.6 Å². The Labute approximate surface area is 196 Å². The van der Waals surface area contributed by atoms with Crippen LogP contribution in [0, 0.1) is 0 Å². The fraction of sp³-hybridized carbons (Fsp3) is 0.0870. The lowest BCUT2D eigenvalue weighted by atomic mass is 10.2. The van der Waals surface area contributed by atoms with E-state index >= 15 is 0 Å². The third-order valence-electron chi connectivity index (χ3n) is 4.75. The molecule has 0 atom stereocenters. The first-order valence-corrected chi connectivity index (χ1v) is 11.3. The third kappa shape index (κ3) is 5.23. The van der Waals surface area contributed by atoms with Crippen LogP contribution in [-0.4, -0.2) is 15.5 Å². The summed E-state index contributed by atoms with van der Waals surface area (Å²) >= 11 is 0. The number of ether oxygens (including phenoxy) is 3. The van der Waals surface area contributed by atoms with E-state index < -0.39 is 33.1 Å². The monoisotopic (exact) mass is 507 g/mol. The van der Waals surface area contributed by atoms with Crippen LogP contribution in [0.2, 0.25) is 0 Å². The molecule has 0 radical (unpaired) electrons. The highest BCUT2D eigenvalue weighted by Crippen LogP contribution is 2.39. The number of hydrogen-bond donors (Lipinski definition) is 1. The summed E-state index contributed by atoms with van der Waals surface area (Å²) in [4.78, 5) is 12.8. The molecule has 0 unspecified atom stereocenters. The molecule has 1 aromatic heterocycles. The summed E-state index contributed by atoms with van der Waals surface area (Å²) in [5, 5.41) is 4.87. The van der Waals surface area contributed by atoms with Crippen molar-refractivity contribution in [1.82, 2.24) is 0 Å². The smallest absolute Gasteiger partial charge is 0.453 e. The zero-order valence-corrected chi connectivity index (χ0v) is 18.6. The summed E-state index contributed by atoms with van der Waals surface area (Å²) < 4.78 is 84.8. The minimum Gasteiger partial charge on any atom is -0.497 e. The number of hydrogen-bond acceptors (Lipinski definition) is 7. The van der Waals surface area contributed by atoms with Gasteiger partial charge in [0.25, 0.3) is 5.76 Å². The van der Waals surface area contributed by atoms with Gasteiger partial charge in [0.05, 0.1) is 17.4 Å². The van der Waals surface area contributed by atoms with Crippen molar-refractivity contribution >= 4 is 21.0 Å². The van der Waals surface area contributed by atoms with Gasteiger partial charge in [-0.15, -0.1) is 0 Å². The second-order valence-corrected chi connectivity index (χ2v) is 8.70. The summed E-state index contributed by atoms with van der Waals surface area (Å²) in [6.07, 6.45) is -5.03. The fourth-order valence-corrected chi connectivity index (χ4v) is 3.61. The number of primary sulfonamides is 1. The number of halogens is 3. The predicted molar refractivity (Wildman–Crippen MR) is 118 cm³/mol. The summed E-state index contributed by atoms with van der Waals surface area (Å²) in [6.45, 7) is 0. The van der Waals surface area contributed by atoms with Crippen LogP contribution in [0.4, 0.5) is 13.2 Å². The molecule has 0 saturated carbocycles. The molecule has 0 bridgehead atoms. The van der Waals surface area contributed by atoms with Gasteiger partial charge in [-0.2, -0.15) is 13.2 Å². The van der Waals surface area contributed by atoms with E-state index in [9.17, 15) is 26.4 Å². The Morgan fingerprint density at radius 3 is 1.94 bits per heavy atom. The lowest BCUT2D eigenvalue weighted by molar-refractivity contribution is -0.154. The molecule has 0 aliphatic carbocycles. The summed E-state index contributed by atoms with van der Waals surface area (Å²) in [6, 6.07) is 14.3. The molecule has 3 aromatic carbocycles. The second kappa shape index (κ2) is 8.96. The number of alkyl halides is 3. The van der Waals surface area contributed by atoms with Crippen LogP contribution in [0.15, 0.2) is 80.8 Å². The number of sulfonamides is 1. The number of methoxy groups -OCH3 is 1. The van der Waals surface area contributed by atoms with E-state index in [1.807, 2.05) is 0 Å². The molecule has 8 nitrogen and oxygen atoms in total. The fourth-order valence-electron chi connectivity index (χ4n) is 3.09. The molecule has 4 rings (SSSR count). The van der Waals surface area contributed by atoms with Crippen molar-refractivity contribution in [3.63, 3.8) is 0 Å². The van der Waals surface area contributed by atoms with Crippen molar-refractivity contribution in [3.8, 4) is 28.7 Å². The Hall–Kier alpha value is -4.03. The summed E-state index contributed by atoms with van der Waals surface area (Å²) in [7, 11) is -2.48. The lowest BCUT2D eigenvalue weighted by Crippen LogP contribution is -2.15. The molecule has 0 saturated heterocycles. The minimum absolute atomic E-state index is 0.0224. The third-order valence-corrected chi connectivity index (χ3v) is 5.68. The average Bonchev–Trinajstić information content (AvgIpc) is 2.80. The van der Waals surface area contributed by atoms with Crippen LogP contribution < -0.4 is 24.8 Å². The Bertz CT molecular complexity index is 1550. The van der Waals surface area contributed by atoms with Crippen LogP contribution >= 0.6 is 0 Å². The van der Waals surface area contributed by atoms with E-state index in [1.165, 1.54) is 67.8 Å². The Balaban J connectivity index is 1.73. The van der Waals surface area contributed by atoms with Gasteiger partial charge in [0.1, 0.15) is 28.6 Å². The molecule has 0 amide bonds. The van der Waals surface area contributed by atoms with Crippen LogP contribution in [0.25, 0.3) is 11.0 Å². The Morgan fingerprint density at radius 2 is 1.37 bits per heavy atom. The maximum Gasteiger partial charge on any atom is 0.453 e. The molecule has 0 spiro atoms. The normalized spacial score (nSPS) is 11.9. The number of benzene rings is 3. The van der Waals surface area contributed by atoms with Gasteiger partial charge in [-0.3, -0.25) is 4.79 Å². The van der Waals surface area contributed by atoms with E-state index in [0.29, 0.717) is 5.75 Å². The highest BCUT2D eigenvalue weighted by atomic mass is 32.2. The molecule has 2 N–H and O–H groups in total. The van der Waals surface area contributed by atoms with Gasteiger partial charge in [0.2, 0.25) is 21.2 Å². The van der Waals surface area contributed by atoms with Crippen molar-refractivity contribution in [2.75, 3.05) is 7.11 Å². The van der Waals surface area contributed by atoms with Gasteiger partial charge >= 0.3 is 6.18 Å². The predicted octanol–water partition coefficient (Wildman–Crippen LogP) is 5.05. The minimum atomic E-state index is -5.03. The van der Waals surface area contributed by atoms with Gasteiger partial charge in [-0.05, 0) is 60.7 Å². The molecule has 12 heteroatoms. The lowest BCUT2D eigenvalue weighted by Gasteiger charge is -2.14. The average molecular weight is 507 g/mol. The molecule has 182 valence electrons. The zero-order valence-electron chi connectivity index (χ0n) is 17.8. The first-order chi connectivity index (χ1) is 16.5. The zero-order chi connectivity index (χ0) is 25.4. The van der Waals surface area contributed by atoms with E-state index in [0.717, 1.165) is 6.07 Å². The number of fused-ring (bicyclic) bond motifs is 1. The standard InChI is InChI=1S/C23H16F3NO7S/c1-31-13-2-4-15(5-3-13)33-21-20(28)18-11-8-16(12-19(18)34-22(21)23(24,25)26)32-14-6-9-17(10-7-14)35(27,29)30/h2-12H,1H3,(H2,27,29,30). The molecule has 1 heterocycles. The van der Waals surface area contributed by atoms with Crippen molar-refractivity contribution < 1.29 is 40.2 Å². The van der Waals surface area contributed by atoms with Crippen molar-refractivity contribution in [2.24, 2.45) is 5.14 Å². The van der Waals surface area contributed by atoms with Gasteiger partial charge in [-0.1, -0.05) is 0 Å². The van der Waals surface area contributed by atoms with Gasteiger partial charge in [-0.25, -0.2) is 13.6 Å². The largest absolute Gasteiger partial charge is 0.497 e. The highest BCUT2D eigenvalue weighted by molar-refractivity contribution is 7.89. The molecular formula is C23H16F3NO7S. The Morgan fingerprint density at radius 1 is 0.829 bits per heavy atom. The van der Waals surface area contributed by atoms with E-state index in [-0.39, 0.29) is 33.1 Å². The highest BCUT2D eigenvalue weighted by Gasteiger charge is 2.40. The topological polar surface area (TPSA) is 118 Å². The van der Waals surface area contributed by atoms with Crippen LogP contribution in [0.5, 0.6) is 28.7 Å². The van der Waals surface area contributed by atoms with Crippen molar-refractivity contribution in [3.05, 3.63) is 82.7 Å². The van der Waals surface area contributed by atoms with Crippen molar-refractivity contribution in [2.45, 2.75) is 11.1 Å². The van der Waals surface area contributed by atoms with Crippen LogP contribution in [0.1, 0.15) is 5.76 Å². The quantitative estimate of drug-likeness (QED) is 0.388. The van der Waals surface area contributed by atoms with E-state index in [4.69, 9.17) is 23.8 Å². The second-order valence-electron chi connectivity index (χ2n) is 7.14. The first-order valence-electron chi connectivity index (χ1n) is 9.76. The summed E-state index contributed by atoms with van der Waals surface area (Å²) in [5.41, 5.74) is -1.42. The van der Waals surface area contributed by atoms with Crippen molar-refractivity contribution in [1.29, 1.82) is 0 Å². The SMILES string of the molecule is COc1ccc(Oc2c(C(F)(F)F)oc3cc(Oc4ccc(S(N)(=O)=O)cc4)ccc3c2=O)cc1. The van der Waals surface area contributed by atoms with Gasteiger partial charge in [0, 0.05) is 6.07 Å². The molecule has 0 aliphatic rings. The van der Waals surface area contributed by atoms with Crippen LogP contribution in [-0.2, 0) is 16.2 Å². The first kappa shape index (κ1) is 24.1. The molecular weight excluding hydrogens is 491 g/mol. The van der Waals surface area contributed by atoms with E-state index in [1.54, 1.807) is 0 Å². The molecule has 35 heavy (non-hydrogen) atoms. The van der Waals surface area contributed by atoms with E-state index in [2.05, 4.69) is 0 Å². The molecule has 0 aliphatic heterocycles. The maximum absolute atomic E-state index is 13.7. The maximum atomic E-state index is 13.7. The van der Waals surface area contributed by atoms with Crippen LogP contribution in [0.3, 0.4) is 0 Å². The number of nitrogens with two attached hydrogens (primary N) is 1. The summed E-state index contributed by atoms with van der Waals surface area (Å²) in [5.74, 6) is -1.98. The Kier molecular flexibility index (Phi) is 6.17. The molecule has 4 aromatic rings. The number of rotatable bonds is 6. The molecule has 0 fully saturated rings.